The third-order valence-electron chi connectivity index (χ3n) is 3.67. The van der Waals surface area contributed by atoms with Gasteiger partial charge in [-0.25, -0.2) is 0 Å². The van der Waals surface area contributed by atoms with Crippen LogP contribution in [-0.2, 0) is 6.54 Å². The molecule has 2 N–H and O–H groups in total. The standard InChI is InChI=1S/C17H26N4/c1-4-9-21(11-10-20(2)3)17-14(12-18)13-19-16-8-6-5-7-15(16)17/h5-8,13H,4,9-12,18H2,1-3H3. The first-order valence-electron chi connectivity index (χ1n) is 7.63. The molecule has 0 spiro atoms. The number of nitrogens with two attached hydrogens (primary N) is 1. The second kappa shape index (κ2) is 7.38. The zero-order valence-electron chi connectivity index (χ0n) is 13.3. The van der Waals surface area contributed by atoms with Crippen molar-refractivity contribution in [3.05, 3.63) is 36.0 Å². The van der Waals surface area contributed by atoms with Crippen molar-refractivity contribution >= 4 is 16.6 Å². The summed E-state index contributed by atoms with van der Waals surface area (Å²) in [5.74, 6) is 0. The predicted molar refractivity (Wildman–Crippen MR) is 90.7 cm³/mol. The molecule has 0 saturated carbocycles. The molecule has 0 aliphatic rings. The van der Waals surface area contributed by atoms with Crippen LogP contribution in [0.2, 0.25) is 0 Å². The molecule has 0 fully saturated rings. The maximum absolute atomic E-state index is 5.95. The number of nitrogens with zero attached hydrogens (tertiary/aromatic N) is 3. The van der Waals surface area contributed by atoms with Crippen LogP contribution in [0.4, 0.5) is 5.69 Å². The van der Waals surface area contributed by atoms with Gasteiger partial charge in [-0.3, -0.25) is 4.98 Å². The molecule has 0 bridgehead atoms. The summed E-state index contributed by atoms with van der Waals surface area (Å²) in [6.07, 6.45) is 3.05. The molecule has 1 aromatic heterocycles. The highest BCUT2D eigenvalue weighted by molar-refractivity contribution is 5.93. The lowest BCUT2D eigenvalue weighted by atomic mass is 10.1. The third kappa shape index (κ3) is 3.71. The van der Waals surface area contributed by atoms with Crippen LogP contribution in [-0.4, -0.2) is 43.6 Å². The Morgan fingerprint density at radius 1 is 1.10 bits per heavy atom. The molecule has 0 unspecified atom stereocenters. The number of pyridine rings is 1. The molecule has 4 heteroatoms. The number of para-hydroxylation sites is 1. The fourth-order valence-corrected chi connectivity index (χ4v) is 2.62. The summed E-state index contributed by atoms with van der Waals surface area (Å²) in [5.41, 5.74) is 9.37. The first-order chi connectivity index (χ1) is 10.2. The quantitative estimate of drug-likeness (QED) is 0.849. The molecule has 0 saturated heterocycles. The molecule has 0 aliphatic heterocycles. The van der Waals surface area contributed by atoms with E-state index in [1.54, 1.807) is 0 Å². The van der Waals surface area contributed by atoms with Crippen molar-refractivity contribution < 1.29 is 0 Å². The van der Waals surface area contributed by atoms with Crippen molar-refractivity contribution in [3.63, 3.8) is 0 Å². The first kappa shape index (κ1) is 15.7. The van der Waals surface area contributed by atoms with Gasteiger partial charge in [0, 0.05) is 43.3 Å². The number of fused-ring (bicyclic) bond motifs is 1. The number of hydrogen-bond donors (Lipinski definition) is 1. The second-order valence-corrected chi connectivity index (χ2v) is 5.64. The highest BCUT2D eigenvalue weighted by Gasteiger charge is 2.14. The summed E-state index contributed by atoms with van der Waals surface area (Å²) in [5, 5.41) is 1.20. The van der Waals surface area contributed by atoms with Crippen molar-refractivity contribution in [2.45, 2.75) is 19.9 Å². The average molecular weight is 286 g/mol. The molecule has 0 amide bonds. The SMILES string of the molecule is CCCN(CCN(C)C)c1c(CN)cnc2ccccc12. The minimum absolute atomic E-state index is 0.523. The predicted octanol–water partition coefficient (Wildman–Crippen LogP) is 2.47. The van der Waals surface area contributed by atoms with Crippen LogP contribution in [0.15, 0.2) is 30.5 Å². The minimum atomic E-state index is 0.523. The Hall–Kier alpha value is -1.65. The van der Waals surface area contributed by atoms with Crippen molar-refractivity contribution in [3.8, 4) is 0 Å². The molecular weight excluding hydrogens is 260 g/mol. The Kier molecular flexibility index (Phi) is 5.53. The van der Waals surface area contributed by atoms with E-state index in [-0.39, 0.29) is 0 Å². The molecule has 1 heterocycles. The smallest absolute Gasteiger partial charge is 0.0723 e. The fraction of sp³-hybridized carbons (Fsp3) is 0.471. The van der Waals surface area contributed by atoms with E-state index in [1.165, 1.54) is 11.1 Å². The fourth-order valence-electron chi connectivity index (χ4n) is 2.62. The number of rotatable bonds is 7. The molecule has 21 heavy (non-hydrogen) atoms. The number of hydrogen-bond acceptors (Lipinski definition) is 4. The highest BCUT2D eigenvalue weighted by Crippen LogP contribution is 2.29. The van der Waals surface area contributed by atoms with Gasteiger partial charge in [0.15, 0.2) is 0 Å². The first-order valence-corrected chi connectivity index (χ1v) is 7.63. The van der Waals surface area contributed by atoms with Gasteiger partial charge in [0.1, 0.15) is 0 Å². The Balaban J connectivity index is 2.48. The maximum atomic E-state index is 5.95. The average Bonchev–Trinajstić information content (AvgIpc) is 2.50. The summed E-state index contributed by atoms with van der Waals surface area (Å²) in [4.78, 5) is 9.20. The Labute approximate surface area is 127 Å². The van der Waals surface area contributed by atoms with Crippen molar-refractivity contribution in [2.24, 2.45) is 5.73 Å². The lowest BCUT2D eigenvalue weighted by Gasteiger charge is -2.29. The van der Waals surface area contributed by atoms with Crippen LogP contribution in [0, 0.1) is 0 Å². The largest absolute Gasteiger partial charge is 0.369 e. The normalized spacial score (nSPS) is 11.3. The lowest BCUT2D eigenvalue weighted by Crippen LogP contribution is -2.33. The number of benzene rings is 1. The van der Waals surface area contributed by atoms with Crippen LogP contribution in [0.25, 0.3) is 10.9 Å². The minimum Gasteiger partial charge on any atom is -0.369 e. The summed E-state index contributed by atoms with van der Waals surface area (Å²) in [7, 11) is 4.22. The van der Waals surface area contributed by atoms with Crippen molar-refractivity contribution in [1.82, 2.24) is 9.88 Å². The summed E-state index contributed by atoms with van der Waals surface area (Å²) in [6, 6.07) is 8.32. The summed E-state index contributed by atoms with van der Waals surface area (Å²) < 4.78 is 0. The number of likely N-dealkylation sites (N-methyl/N-ethyl adjacent to an activating group) is 1. The molecular formula is C17H26N4. The van der Waals surface area contributed by atoms with Gasteiger partial charge in [0.2, 0.25) is 0 Å². The van der Waals surface area contributed by atoms with Gasteiger partial charge in [0.05, 0.1) is 11.2 Å². The van der Waals surface area contributed by atoms with Crippen LogP contribution in [0.1, 0.15) is 18.9 Å². The van der Waals surface area contributed by atoms with E-state index < -0.39 is 0 Å². The molecule has 2 rings (SSSR count). The van der Waals surface area contributed by atoms with Crippen LogP contribution in [0.3, 0.4) is 0 Å². The topological polar surface area (TPSA) is 45.4 Å². The lowest BCUT2D eigenvalue weighted by molar-refractivity contribution is 0.413. The molecule has 114 valence electrons. The van der Waals surface area contributed by atoms with E-state index in [9.17, 15) is 0 Å². The number of anilines is 1. The Morgan fingerprint density at radius 2 is 1.86 bits per heavy atom. The van der Waals surface area contributed by atoms with E-state index in [0.29, 0.717) is 6.54 Å². The van der Waals surface area contributed by atoms with Gasteiger partial charge in [-0.05, 0) is 26.6 Å². The van der Waals surface area contributed by atoms with Crippen LogP contribution < -0.4 is 10.6 Å². The Morgan fingerprint density at radius 3 is 2.52 bits per heavy atom. The van der Waals surface area contributed by atoms with E-state index in [0.717, 1.165) is 37.1 Å². The van der Waals surface area contributed by atoms with Crippen LogP contribution in [0.5, 0.6) is 0 Å². The molecule has 1 aromatic carbocycles. The number of aromatic nitrogens is 1. The van der Waals surface area contributed by atoms with E-state index in [4.69, 9.17) is 5.73 Å². The second-order valence-electron chi connectivity index (χ2n) is 5.64. The molecule has 2 aromatic rings. The Bertz CT molecular complexity index is 580. The molecule has 0 atom stereocenters. The van der Waals surface area contributed by atoms with Gasteiger partial charge in [-0.15, -0.1) is 0 Å². The van der Waals surface area contributed by atoms with E-state index in [2.05, 4.69) is 54.0 Å². The van der Waals surface area contributed by atoms with E-state index in [1.807, 2.05) is 12.3 Å². The van der Waals surface area contributed by atoms with Gasteiger partial charge in [-0.2, -0.15) is 0 Å². The van der Waals surface area contributed by atoms with Crippen LogP contribution >= 0.6 is 0 Å². The molecule has 4 nitrogen and oxygen atoms in total. The summed E-state index contributed by atoms with van der Waals surface area (Å²) >= 11 is 0. The maximum Gasteiger partial charge on any atom is 0.0723 e. The van der Waals surface area contributed by atoms with E-state index >= 15 is 0 Å². The van der Waals surface area contributed by atoms with Gasteiger partial charge >= 0.3 is 0 Å². The zero-order chi connectivity index (χ0) is 15.2. The van der Waals surface area contributed by atoms with Gasteiger partial charge < -0.3 is 15.5 Å². The monoisotopic (exact) mass is 286 g/mol. The van der Waals surface area contributed by atoms with Crippen molar-refractivity contribution in [2.75, 3.05) is 38.6 Å². The zero-order valence-corrected chi connectivity index (χ0v) is 13.3. The summed E-state index contributed by atoms with van der Waals surface area (Å²) in [6.45, 7) is 5.81. The highest BCUT2D eigenvalue weighted by atomic mass is 15.2. The third-order valence-corrected chi connectivity index (χ3v) is 3.67. The van der Waals surface area contributed by atoms with Crippen molar-refractivity contribution in [1.29, 1.82) is 0 Å². The molecule has 0 radical (unpaired) electrons. The molecule has 0 aliphatic carbocycles. The van der Waals surface area contributed by atoms with Gasteiger partial charge in [-0.1, -0.05) is 25.1 Å². The van der Waals surface area contributed by atoms with Gasteiger partial charge in [0.25, 0.3) is 0 Å².